The van der Waals surface area contributed by atoms with Crippen LogP contribution in [-0.2, 0) is 7.05 Å². The molecule has 1 atom stereocenters. The van der Waals surface area contributed by atoms with Crippen LogP contribution in [0.5, 0.6) is 0 Å². The number of carbonyl (C=O) groups is 1. The quantitative estimate of drug-likeness (QED) is 0.730. The maximum Gasteiger partial charge on any atom is 0.289 e. The Morgan fingerprint density at radius 3 is 2.91 bits per heavy atom. The van der Waals surface area contributed by atoms with Crippen molar-refractivity contribution in [2.75, 3.05) is 13.1 Å². The number of fused-ring (bicyclic) bond motifs is 1. The van der Waals surface area contributed by atoms with E-state index in [2.05, 4.69) is 17.7 Å². The smallest absolute Gasteiger partial charge is 0.289 e. The van der Waals surface area contributed by atoms with Gasteiger partial charge in [-0.15, -0.1) is 0 Å². The minimum absolute atomic E-state index is 0.0292. The number of nitrogens with zero attached hydrogens (tertiary/aromatic N) is 3. The van der Waals surface area contributed by atoms with Gasteiger partial charge in [-0.25, -0.2) is 4.98 Å². The van der Waals surface area contributed by atoms with Crippen LogP contribution < -0.4 is 0 Å². The number of amides is 1. The molecule has 1 aliphatic rings. The maximum absolute atomic E-state index is 12.5. The Labute approximate surface area is 134 Å². The molecule has 3 heterocycles. The monoisotopic (exact) mass is 309 g/mol. The number of hydrogen-bond acceptors (Lipinski definition) is 3. The molecule has 1 aromatic carbocycles. The molecule has 0 aliphatic carbocycles. The summed E-state index contributed by atoms with van der Waals surface area (Å²) in [6.07, 6.45) is 3.58. The van der Waals surface area contributed by atoms with Gasteiger partial charge in [-0.2, -0.15) is 0 Å². The maximum atomic E-state index is 12.5. The van der Waals surface area contributed by atoms with E-state index >= 15 is 0 Å². The minimum Gasteiger partial charge on any atom is -0.459 e. The molecule has 3 aromatic rings. The molecular formula is C18H19N3O2. The number of hydrogen-bond donors (Lipinski definition) is 0. The summed E-state index contributed by atoms with van der Waals surface area (Å²) in [5, 5.41) is 0. The number of likely N-dealkylation sites (tertiary alicyclic amines) is 1. The van der Waals surface area contributed by atoms with Crippen LogP contribution in [0.4, 0.5) is 0 Å². The predicted octanol–water partition coefficient (Wildman–Crippen LogP) is 3.19. The number of furan rings is 1. The van der Waals surface area contributed by atoms with Gasteiger partial charge in [0.15, 0.2) is 5.76 Å². The molecule has 1 unspecified atom stereocenters. The Kier molecular flexibility index (Phi) is 3.41. The average Bonchev–Trinajstić information content (AvgIpc) is 3.23. The van der Waals surface area contributed by atoms with Crippen LogP contribution in [0, 0.1) is 0 Å². The summed E-state index contributed by atoms with van der Waals surface area (Å²) < 4.78 is 7.40. The van der Waals surface area contributed by atoms with E-state index in [-0.39, 0.29) is 11.8 Å². The fourth-order valence-corrected chi connectivity index (χ4v) is 3.46. The van der Waals surface area contributed by atoms with Crippen LogP contribution in [0.3, 0.4) is 0 Å². The number of rotatable bonds is 2. The second-order valence-corrected chi connectivity index (χ2v) is 6.09. The van der Waals surface area contributed by atoms with Gasteiger partial charge in [0.1, 0.15) is 5.82 Å². The number of aryl methyl sites for hydroxylation is 1. The zero-order valence-corrected chi connectivity index (χ0v) is 13.1. The largest absolute Gasteiger partial charge is 0.459 e. The Bertz CT molecular complexity index is 835. The summed E-state index contributed by atoms with van der Waals surface area (Å²) >= 11 is 0. The van der Waals surface area contributed by atoms with Crippen LogP contribution in [0.15, 0.2) is 47.1 Å². The minimum atomic E-state index is -0.0292. The zero-order chi connectivity index (χ0) is 15.8. The molecule has 0 radical (unpaired) electrons. The first kappa shape index (κ1) is 14.1. The Morgan fingerprint density at radius 2 is 2.13 bits per heavy atom. The molecule has 118 valence electrons. The molecule has 0 saturated carbocycles. The fourth-order valence-electron chi connectivity index (χ4n) is 3.46. The van der Waals surface area contributed by atoms with Crippen molar-refractivity contribution in [3.8, 4) is 0 Å². The van der Waals surface area contributed by atoms with Crippen LogP contribution in [0.25, 0.3) is 11.0 Å². The summed E-state index contributed by atoms with van der Waals surface area (Å²) in [6, 6.07) is 11.6. The lowest BCUT2D eigenvalue weighted by Crippen LogP contribution is -2.39. The van der Waals surface area contributed by atoms with E-state index in [4.69, 9.17) is 9.40 Å². The summed E-state index contributed by atoms with van der Waals surface area (Å²) in [5.74, 6) is 1.71. The highest BCUT2D eigenvalue weighted by atomic mass is 16.3. The molecule has 1 amide bonds. The third-order valence-corrected chi connectivity index (χ3v) is 4.63. The predicted molar refractivity (Wildman–Crippen MR) is 87.3 cm³/mol. The lowest BCUT2D eigenvalue weighted by Gasteiger charge is -2.31. The summed E-state index contributed by atoms with van der Waals surface area (Å²) in [7, 11) is 2.05. The molecule has 23 heavy (non-hydrogen) atoms. The van der Waals surface area contributed by atoms with Crippen molar-refractivity contribution in [1.82, 2.24) is 14.5 Å². The van der Waals surface area contributed by atoms with Gasteiger partial charge in [0.25, 0.3) is 5.91 Å². The molecule has 5 nitrogen and oxygen atoms in total. The van der Waals surface area contributed by atoms with Crippen LogP contribution in [0.1, 0.15) is 35.1 Å². The van der Waals surface area contributed by atoms with Gasteiger partial charge in [-0.3, -0.25) is 4.79 Å². The lowest BCUT2D eigenvalue weighted by atomic mass is 9.97. The zero-order valence-electron chi connectivity index (χ0n) is 13.1. The molecule has 0 bridgehead atoms. The molecule has 0 N–H and O–H groups in total. The van der Waals surface area contributed by atoms with E-state index in [9.17, 15) is 4.79 Å². The van der Waals surface area contributed by atoms with Crippen LogP contribution >= 0.6 is 0 Å². The Morgan fingerprint density at radius 1 is 1.26 bits per heavy atom. The number of imidazole rings is 1. The third-order valence-electron chi connectivity index (χ3n) is 4.63. The van der Waals surface area contributed by atoms with E-state index in [0.717, 1.165) is 36.2 Å². The van der Waals surface area contributed by atoms with Gasteiger partial charge in [-0.05, 0) is 37.1 Å². The van der Waals surface area contributed by atoms with Crippen LogP contribution in [0.2, 0.25) is 0 Å². The second kappa shape index (κ2) is 5.57. The standard InChI is InChI=1S/C18H19N3O2/c1-20-15-8-3-2-7-14(15)19-17(20)13-6-4-10-21(12-13)18(22)16-9-5-11-23-16/h2-3,5,7-9,11,13H,4,6,10,12H2,1H3. The van der Waals surface area contributed by atoms with Gasteiger partial charge >= 0.3 is 0 Å². The normalized spacial score (nSPS) is 18.5. The van der Waals surface area contributed by atoms with E-state index in [1.807, 2.05) is 23.1 Å². The van der Waals surface area contributed by atoms with E-state index in [1.165, 1.54) is 0 Å². The van der Waals surface area contributed by atoms with Gasteiger partial charge in [0.2, 0.25) is 0 Å². The Hall–Kier alpha value is -2.56. The van der Waals surface area contributed by atoms with Gasteiger partial charge in [0.05, 0.1) is 17.3 Å². The first-order valence-electron chi connectivity index (χ1n) is 7.98. The first-order valence-corrected chi connectivity index (χ1v) is 7.98. The number of piperidine rings is 1. The summed E-state index contributed by atoms with van der Waals surface area (Å²) in [5.41, 5.74) is 2.15. The highest BCUT2D eigenvalue weighted by Gasteiger charge is 2.29. The molecule has 1 fully saturated rings. The molecule has 1 aliphatic heterocycles. The highest BCUT2D eigenvalue weighted by molar-refractivity contribution is 5.91. The first-order chi connectivity index (χ1) is 11.2. The van der Waals surface area contributed by atoms with Crippen molar-refractivity contribution < 1.29 is 9.21 Å². The fraction of sp³-hybridized carbons (Fsp3) is 0.333. The van der Waals surface area contributed by atoms with Crippen molar-refractivity contribution in [3.63, 3.8) is 0 Å². The van der Waals surface area contributed by atoms with Crippen molar-refractivity contribution in [3.05, 3.63) is 54.2 Å². The van der Waals surface area contributed by atoms with Crippen molar-refractivity contribution in [1.29, 1.82) is 0 Å². The number of para-hydroxylation sites is 2. The van der Waals surface area contributed by atoms with Gasteiger partial charge in [-0.1, -0.05) is 12.1 Å². The Balaban J connectivity index is 1.61. The molecule has 5 heteroatoms. The van der Waals surface area contributed by atoms with Gasteiger partial charge < -0.3 is 13.9 Å². The second-order valence-electron chi connectivity index (χ2n) is 6.09. The van der Waals surface area contributed by atoms with Crippen molar-refractivity contribution >= 4 is 16.9 Å². The van der Waals surface area contributed by atoms with Crippen molar-refractivity contribution in [2.24, 2.45) is 7.05 Å². The lowest BCUT2D eigenvalue weighted by molar-refractivity contribution is 0.0671. The van der Waals surface area contributed by atoms with Crippen molar-refractivity contribution in [2.45, 2.75) is 18.8 Å². The molecular weight excluding hydrogens is 290 g/mol. The summed E-state index contributed by atoms with van der Waals surface area (Å²) in [6.45, 7) is 1.47. The molecule has 2 aromatic heterocycles. The SMILES string of the molecule is Cn1c(C2CCCN(C(=O)c3ccco3)C2)nc2ccccc21. The number of benzene rings is 1. The molecule has 4 rings (SSSR count). The third kappa shape index (κ3) is 2.42. The van der Waals surface area contributed by atoms with Gasteiger partial charge in [0, 0.05) is 26.1 Å². The molecule has 1 saturated heterocycles. The molecule has 0 spiro atoms. The number of carbonyl (C=O) groups excluding carboxylic acids is 1. The van der Waals surface area contributed by atoms with E-state index < -0.39 is 0 Å². The summed E-state index contributed by atoms with van der Waals surface area (Å²) in [4.78, 5) is 19.2. The topological polar surface area (TPSA) is 51.3 Å². The number of aromatic nitrogens is 2. The van der Waals surface area contributed by atoms with Crippen LogP contribution in [-0.4, -0.2) is 33.4 Å². The highest BCUT2D eigenvalue weighted by Crippen LogP contribution is 2.29. The average molecular weight is 309 g/mol. The van der Waals surface area contributed by atoms with E-state index in [1.54, 1.807) is 18.4 Å². The van der Waals surface area contributed by atoms with E-state index in [0.29, 0.717) is 12.3 Å².